The van der Waals surface area contributed by atoms with Crippen molar-refractivity contribution in [1.29, 1.82) is 0 Å². The maximum Gasteiger partial charge on any atom is 0.181 e. The number of hydrogen-bond donors (Lipinski definition) is 3. The predicted molar refractivity (Wildman–Crippen MR) is 51.0 cm³/mol. The molecule has 0 aromatic heterocycles. The van der Waals surface area contributed by atoms with Crippen molar-refractivity contribution in [2.75, 3.05) is 6.61 Å². The SMILES string of the molecule is OCC1OC2CC[C@@H](O)/C=C/[C@H](O)C2O1. The average molecular weight is 216 g/mol. The minimum absolute atomic E-state index is 0.216. The van der Waals surface area contributed by atoms with E-state index in [4.69, 9.17) is 14.6 Å². The Hall–Kier alpha value is -0.460. The normalized spacial score (nSPS) is 48.1. The van der Waals surface area contributed by atoms with Crippen LogP contribution in [-0.4, -0.2) is 52.6 Å². The van der Waals surface area contributed by atoms with Gasteiger partial charge in [0.25, 0.3) is 0 Å². The molecule has 3 unspecified atom stereocenters. The Kier molecular flexibility index (Phi) is 3.38. The van der Waals surface area contributed by atoms with E-state index in [9.17, 15) is 10.2 Å². The lowest BCUT2D eigenvalue weighted by Gasteiger charge is -2.23. The highest BCUT2D eigenvalue weighted by molar-refractivity contribution is 5.02. The lowest BCUT2D eigenvalue weighted by Crippen LogP contribution is -2.35. The molecule has 5 heteroatoms. The first-order chi connectivity index (χ1) is 7.20. The first kappa shape index (κ1) is 11.0. The molecule has 0 aromatic rings. The van der Waals surface area contributed by atoms with Crippen LogP contribution in [0, 0.1) is 0 Å². The van der Waals surface area contributed by atoms with E-state index in [0.717, 1.165) is 0 Å². The van der Waals surface area contributed by atoms with Crippen LogP contribution in [0.5, 0.6) is 0 Å². The molecule has 0 aromatic carbocycles. The van der Waals surface area contributed by atoms with E-state index < -0.39 is 24.6 Å². The molecular weight excluding hydrogens is 200 g/mol. The molecule has 5 atom stereocenters. The Balaban J connectivity index is 2.07. The molecule has 86 valence electrons. The largest absolute Gasteiger partial charge is 0.391 e. The molecule has 1 aliphatic carbocycles. The van der Waals surface area contributed by atoms with Gasteiger partial charge < -0.3 is 24.8 Å². The third-order valence-electron chi connectivity index (χ3n) is 2.76. The van der Waals surface area contributed by atoms with Gasteiger partial charge in [-0.3, -0.25) is 0 Å². The average Bonchev–Trinajstić information content (AvgIpc) is 2.64. The van der Waals surface area contributed by atoms with Gasteiger partial charge in [0, 0.05) is 0 Å². The zero-order chi connectivity index (χ0) is 10.8. The summed E-state index contributed by atoms with van der Waals surface area (Å²) < 4.78 is 10.7. The van der Waals surface area contributed by atoms with Crippen LogP contribution >= 0.6 is 0 Å². The lowest BCUT2D eigenvalue weighted by atomic mass is 9.97. The van der Waals surface area contributed by atoms with E-state index in [2.05, 4.69) is 0 Å². The van der Waals surface area contributed by atoms with E-state index in [1.807, 2.05) is 0 Å². The summed E-state index contributed by atoms with van der Waals surface area (Å²) in [5, 5.41) is 28.1. The Labute approximate surface area is 87.9 Å². The number of hydrogen-bond acceptors (Lipinski definition) is 5. The highest BCUT2D eigenvalue weighted by Crippen LogP contribution is 2.27. The second kappa shape index (κ2) is 4.59. The molecule has 1 fully saturated rings. The van der Waals surface area contributed by atoms with Crippen LogP contribution in [-0.2, 0) is 9.47 Å². The van der Waals surface area contributed by atoms with Gasteiger partial charge in [-0.05, 0) is 12.8 Å². The van der Waals surface area contributed by atoms with Crippen molar-refractivity contribution in [3.05, 3.63) is 12.2 Å². The minimum Gasteiger partial charge on any atom is -0.391 e. The first-order valence-corrected chi connectivity index (χ1v) is 5.17. The number of aliphatic hydroxyl groups excluding tert-OH is 3. The van der Waals surface area contributed by atoms with Crippen molar-refractivity contribution < 1.29 is 24.8 Å². The molecule has 0 radical (unpaired) electrons. The molecule has 2 aliphatic rings. The fraction of sp³-hybridized carbons (Fsp3) is 0.800. The highest BCUT2D eigenvalue weighted by atomic mass is 16.7. The van der Waals surface area contributed by atoms with Gasteiger partial charge in [-0.25, -0.2) is 0 Å². The number of rotatable bonds is 1. The molecule has 1 aliphatic heterocycles. The highest BCUT2D eigenvalue weighted by Gasteiger charge is 2.39. The van der Waals surface area contributed by atoms with E-state index in [1.54, 1.807) is 6.08 Å². The van der Waals surface area contributed by atoms with Crippen LogP contribution in [0.25, 0.3) is 0 Å². The Morgan fingerprint density at radius 3 is 2.67 bits per heavy atom. The lowest BCUT2D eigenvalue weighted by molar-refractivity contribution is -0.103. The molecule has 2 rings (SSSR count). The van der Waals surface area contributed by atoms with Gasteiger partial charge in [0.2, 0.25) is 0 Å². The van der Waals surface area contributed by atoms with Crippen LogP contribution < -0.4 is 0 Å². The number of ether oxygens (including phenoxy) is 2. The Morgan fingerprint density at radius 2 is 1.93 bits per heavy atom. The van der Waals surface area contributed by atoms with Crippen molar-refractivity contribution >= 4 is 0 Å². The molecule has 5 nitrogen and oxygen atoms in total. The molecule has 1 heterocycles. The fourth-order valence-electron chi connectivity index (χ4n) is 1.97. The van der Waals surface area contributed by atoms with Crippen LogP contribution in [0.15, 0.2) is 12.2 Å². The van der Waals surface area contributed by atoms with Crippen LogP contribution in [0.3, 0.4) is 0 Å². The van der Waals surface area contributed by atoms with Gasteiger partial charge in [-0.2, -0.15) is 0 Å². The van der Waals surface area contributed by atoms with E-state index in [0.29, 0.717) is 12.8 Å². The summed E-state index contributed by atoms with van der Waals surface area (Å²) in [5.41, 5.74) is 0. The quantitative estimate of drug-likeness (QED) is 0.498. The molecule has 3 N–H and O–H groups in total. The molecule has 0 spiro atoms. The molecule has 0 bridgehead atoms. The van der Waals surface area contributed by atoms with Crippen LogP contribution in [0.4, 0.5) is 0 Å². The Morgan fingerprint density at radius 1 is 1.13 bits per heavy atom. The second-order valence-corrected chi connectivity index (χ2v) is 3.91. The van der Waals surface area contributed by atoms with Crippen molar-refractivity contribution in [3.63, 3.8) is 0 Å². The van der Waals surface area contributed by atoms with Gasteiger partial charge in [-0.15, -0.1) is 0 Å². The molecule has 1 saturated heterocycles. The summed E-state index contributed by atoms with van der Waals surface area (Å²) in [6.45, 7) is -0.216. The van der Waals surface area contributed by atoms with E-state index in [1.165, 1.54) is 6.08 Å². The first-order valence-electron chi connectivity index (χ1n) is 5.17. The van der Waals surface area contributed by atoms with Crippen LogP contribution in [0.2, 0.25) is 0 Å². The zero-order valence-electron chi connectivity index (χ0n) is 8.32. The molecule has 0 saturated carbocycles. The minimum atomic E-state index is -0.790. The number of aliphatic hydroxyl groups is 3. The predicted octanol–water partition coefficient (Wildman–Crippen LogP) is -0.839. The monoisotopic (exact) mass is 216 g/mol. The van der Waals surface area contributed by atoms with E-state index in [-0.39, 0.29) is 12.7 Å². The smallest absolute Gasteiger partial charge is 0.181 e. The number of fused-ring (bicyclic) bond motifs is 1. The van der Waals surface area contributed by atoms with Crippen molar-refractivity contribution in [2.45, 2.75) is 43.5 Å². The maximum absolute atomic E-state index is 9.73. The van der Waals surface area contributed by atoms with Gasteiger partial charge in [0.15, 0.2) is 6.29 Å². The van der Waals surface area contributed by atoms with Gasteiger partial charge >= 0.3 is 0 Å². The summed E-state index contributed by atoms with van der Waals surface area (Å²) in [6, 6.07) is 0. The standard InChI is InChI=1S/C10H16O5/c11-5-9-14-8-4-2-6(12)1-3-7(13)10(8)15-9/h1,3,6-13H,2,4-5H2/b3-1+/t6-,7-,8?,9?,10?/m0/s1. The zero-order valence-corrected chi connectivity index (χ0v) is 8.32. The topological polar surface area (TPSA) is 79.2 Å². The fourth-order valence-corrected chi connectivity index (χ4v) is 1.97. The molecular formula is C10H16O5. The third kappa shape index (κ3) is 2.38. The molecule has 15 heavy (non-hydrogen) atoms. The Bertz CT molecular complexity index is 242. The summed E-state index contributed by atoms with van der Waals surface area (Å²) in [5.74, 6) is 0. The van der Waals surface area contributed by atoms with Crippen molar-refractivity contribution in [1.82, 2.24) is 0 Å². The van der Waals surface area contributed by atoms with E-state index >= 15 is 0 Å². The van der Waals surface area contributed by atoms with Gasteiger partial charge in [0.1, 0.15) is 12.2 Å². The van der Waals surface area contributed by atoms with Crippen molar-refractivity contribution in [2.24, 2.45) is 0 Å². The van der Waals surface area contributed by atoms with Gasteiger partial charge in [0.05, 0.1) is 18.8 Å². The molecule has 0 amide bonds. The van der Waals surface area contributed by atoms with Crippen molar-refractivity contribution in [3.8, 4) is 0 Å². The van der Waals surface area contributed by atoms with Crippen LogP contribution in [0.1, 0.15) is 12.8 Å². The summed E-state index contributed by atoms with van der Waals surface area (Å²) >= 11 is 0. The summed E-state index contributed by atoms with van der Waals surface area (Å²) in [4.78, 5) is 0. The third-order valence-corrected chi connectivity index (χ3v) is 2.76. The summed E-state index contributed by atoms with van der Waals surface area (Å²) in [7, 11) is 0. The maximum atomic E-state index is 9.73. The van der Waals surface area contributed by atoms with Gasteiger partial charge in [-0.1, -0.05) is 12.2 Å². The second-order valence-electron chi connectivity index (χ2n) is 3.91. The summed E-state index contributed by atoms with van der Waals surface area (Å²) in [6.07, 6.45) is 1.59.